The molecule has 0 aromatic carbocycles. The van der Waals surface area contributed by atoms with Gasteiger partial charge in [-0.3, -0.25) is 37.3 Å². The summed E-state index contributed by atoms with van der Waals surface area (Å²) < 4.78 is 68.4. The number of ether oxygens (including phenoxy) is 4. The molecule has 0 saturated heterocycles. The molecule has 3 N–H and O–H groups in total. The van der Waals surface area contributed by atoms with E-state index >= 15 is 0 Å². The zero-order valence-electron chi connectivity index (χ0n) is 59.0. The van der Waals surface area contributed by atoms with E-state index in [1.54, 1.807) is 0 Å². The number of unbranched alkanes of at least 4 members (excludes halogenated alkanes) is 44. The summed E-state index contributed by atoms with van der Waals surface area (Å²) in [6.07, 6.45) is 52.5. The van der Waals surface area contributed by atoms with Crippen LogP contribution in [0.1, 0.15) is 375 Å². The number of carbonyl (C=O) groups excluding carboxylic acids is 4. The first-order valence-corrected chi connectivity index (χ1v) is 40.6. The highest BCUT2D eigenvalue weighted by atomic mass is 31.2. The molecule has 17 nitrogen and oxygen atoms in total. The molecule has 0 aliphatic heterocycles. The minimum absolute atomic E-state index is 0.106. The molecular formula is C72H140O17P2. The van der Waals surface area contributed by atoms with E-state index in [1.807, 2.05) is 0 Å². The van der Waals surface area contributed by atoms with Gasteiger partial charge < -0.3 is 33.8 Å². The van der Waals surface area contributed by atoms with Crippen molar-refractivity contribution >= 4 is 39.5 Å². The summed E-state index contributed by atoms with van der Waals surface area (Å²) in [5.74, 6) is -1.36. The number of hydrogen-bond acceptors (Lipinski definition) is 15. The Kier molecular flexibility index (Phi) is 64.0. The van der Waals surface area contributed by atoms with Crippen LogP contribution in [0.25, 0.3) is 0 Å². The molecule has 0 rings (SSSR count). The van der Waals surface area contributed by atoms with Gasteiger partial charge >= 0.3 is 39.5 Å². The highest BCUT2D eigenvalue weighted by molar-refractivity contribution is 7.47. The number of phosphoric ester groups is 2. The van der Waals surface area contributed by atoms with Crippen LogP contribution in [0.4, 0.5) is 0 Å². The molecule has 19 heteroatoms. The van der Waals surface area contributed by atoms with Crippen LogP contribution in [0.15, 0.2) is 0 Å². The fraction of sp³-hybridized carbons (Fsp3) is 0.944. The lowest BCUT2D eigenvalue weighted by Crippen LogP contribution is -2.30. The topological polar surface area (TPSA) is 237 Å². The van der Waals surface area contributed by atoms with Crippen molar-refractivity contribution in [1.82, 2.24) is 0 Å². The van der Waals surface area contributed by atoms with Gasteiger partial charge in [0, 0.05) is 25.7 Å². The van der Waals surface area contributed by atoms with E-state index in [-0.39, 0.29) is 25.7 Å². The first kappa shape index (κ1) is 89.1. The molecule has 0 aromatic heterocycles. The molecule has 0 spiro atoms. The molecule has 2 unspecified atom stereocenters. The van der Waals surface area contributed by atoms with Crippen LogP contribution in [-0.4, -0.2) is 96.7 Å². The van der Waals surface area contributed by atoms with E-state index in [9.17, 15) is 43.2 Å². The van der Waals surface area contributed by atoms with E-state index in [1.165, 1.54) is 199 Å². The van der Waals surface area contributed by atoms with Gasteiger partial charge in [-0.1, -0.05) is 324 Å². The molecule has 0 fully saturated rings. The number of phosphoric acid groups is 2. The average Bonchev–Trinajstić information content (AvgIpc) is 3.14. The number of esters is 4. The SMILES string of the molecule is CCCCCCCCCCCCCCCCC(=O)OC[C@H](COP(=O)(O)OC[C@@H](O)COP(=O)(O)OC[C@@H](COC(=O)CCCCCCCCCCCC)OC(=O)CCCCCCCCCCCCC(C)C)OC(=O)CCCCCCCCCCCCCCCC. The monoisotopic (exact) mass is 1340 g/mol. The van der Waals surface area contributed by atoms with E-state index in [2.05, 4.69) is 34.6 Å². The Morgan fingerprint density at radius 2 is 0.505 bits per heavy atom. The molecule has 0 saturated carbocycles. The van der Waals surface area contributed by atoms with Crippen molar-refractivity contribution in [3.8, 4) is 0 Å². The predicted octanol–water partition coefficient (Wildman–Crippen LogP) is 20.9. The van der Waals surface area contributed by atoms with Crippen molar-refractivity contribution in [2.45, 2.75) is 393 Å². The average molecular weight is 1340 g/mol. The van der Waals surface area contributed by atoms with Gasteiger partial charge in [-0.05, 0) is 31.6 Å². The van der Waals surface area contributed by atoms with Crippen LogP contribution in [-0.2, 0) is 65.4 Å². The van der Waals surface area contributed by atoms with Crippen molar-refractivity contribution < 1.29 is 80.2 Å². The Balaban J connectivity index is 5.25. The quantitative estimate of drug-likeness (QED) is 0.0222. The van der Waals surface area contributed by atoms with Gasteiger partial charge in [-0.25, -0.2) is 9.13 Å². The summed E-state index contributed by atoms with van der Waals surface area (Å²) in [6.45, 7) is 7.25. The van der Waals surface area contributed by atoms with Crippen LogP contribution < -0.4 is 0 Å². The number of hydrogen-bond donors (Lipinski definition) is 3. The lowest BCUT2D eigenvalue weighted by Gasteiger charge is -2.21. The van der Waals surface area contributed by atoms with Gasteiger partial charge in [0.25, 0.3) is 0 Å². The maximum atomic E-state index is 13.0. The first-order valence-electron chi connectivity index (χ1n) is 37.6. The fourth-order valence-electron chi connectivity index (χ4n) is 11.0. The fourth-order valence-corrected chi connectivity index (χ4v) is 12.6. The van der Waals surface area contributed by atoms with Gasteiger partial charge in [0.1, 0.15) is 19.3 Å². The highest BCUT2D eigenvalue weighted by Crippen LogP contribution is 2.45. The molecule has 0 heterocycles. The standard InChI is InChI=1S/C72H140O17P2/c1-6-9-12-15-18-21-24-26-28-30-36-41-46-51-56-70(75)83-62-68(88-71(76)57-52-47-42-37-31-29-27-25-22-19-16-13-10-7-2)64-87-91(80,81)85-60-66(73)59-84-90(78,79)86-63-67(61-82-69(74)55-50-45-40-35-23-20-17-14-11-8-3)89-72(77)58-53-48-43-38-33-32-34-39-44-49-54-65(4)5/h65-68,73H,6-64H2,1-5H3,(H,78,79)(H,80,81)/t66-,67+,68+/m0/s1. The van der Waals surface area contributed by atoms with Crippen LogP contribution in [0, 0.1) is 5.92 Å². The van der Waals surface area contributed by atoms with Crippen LogP contribution in [0.5, 0.6) is 0 Å². The number of aliphatic hydroxyl groups excluding tert-OH is 1. The molecule has 0 aliphatic rings. The molecule has 540 valence electrons. The summed E-state index contributed by atoms with van der Waals surface area (Å²) in [6, 6.07) is 0. The lowest BCUT2D eigenvalue weighted by atomic mass is 10.0. The molecule has 0 aromatic rings. The third kappa shape index (κ3) is 66.5. The number of rotatable bonds is 72. The zero-order valence-corrected chi connectivity index (χ0v) is 60.8. The lowest BCUT2D eigenvalue weighted by molar-refractivity contribution is -0.161. The van der Waals surface area contributed by atoms with Crippen molar-refractivity contribution in [3.63, 3.8) is 0 Å². The van der Waals surface area contributed by atoms with Gasteiger partial charge in [0.05, 0.1) is 26.4 Å². The van der Waals surface area contributed by atoms with Crippen molar-refractivity contribution in [1.29, 1.82) is 0 Å². The minimum Gasteiger partial charge on any atom is -0.462 e. The number of aliphatic hydroxyl groups is 1. The Morgan fingerprint density at radius 3 is 0.747 bits per heavy atom. The van der Waals surface area contributed by atoms with E-state index in [0.717, 1.165) is 95.8 Å². The van der Waals surface area contributed by atoms with Crippen molar-refractivity contribution in [2.24, 2.45) is 5.92 Å². The summed E-state index contributed by atoms with van der Waals surface area (Å²) in [5, 5.41) is 10.6. The molecule has 0 bridgehead atoms. The van der Waals surface area contributed by atoms with Crippen LogP contribution in [0.2, 0.25) is 0 Å². The smallest absolute Gasteiger partial charge is 0.462 e. The molecular weight excluding hydrogens is 1200 g/mol. The molecule has 0 amide bonds. The molecule has 0 radical (unpaired) electrons. The van der Waals surface area contributed by atoms with Crippen molar-refractivity contribution in [2.75, 3.05) is 39.6 Å². The molecule has 0 aliphatic carbocycles. The summed E-state index contributed by atoms with van der Waals surface area (Å²) in [7, 11) is -9.90. The van der Waals surface area contributed by atoms with Crippen LogP contribution in [0.3, 0.4) is 0 Å². The predicted molar refractivity (Wildman–Crippen MR) is 368 cm³/mol. The first-order chi connectivity index (χ1) is 44.0. The van der Waals surface area contributed by atoms with Gasteiger partial charge in [-0.2, -0.15) is 0 Å². The number of carbonyl (C=O) groups is 4. The van der Waals surface area contributed by atoms with Gasteiger partial charge in [-0.15, -0.1) is 0 Å². The normalized spacial score (nSPS) is 14.0. The minimum atomic E-state index is -4.95. The van der Waals surface area contributed by atoms with E-state index < -0.39 is 97.5 Å². The van der Waals surface area contributed by atoms with E-state index in [4.69, 9.17) is 37.0 Å². The van der Waals surface area contributed by atoms with E-state index in [0.29, 0.717) is 25.7 Å². The Hall–Kier alpha value is -1.94. The third-order valence-corrected chi connectivity index (χ3v) is 18.7. The second-order valence-electron chi connectivity index (χ2n) is 26.5. The molecule has 91 heavy (non-hydrogen) atoms. The highest BCUT2D eigenvalue weighted by Gasteiger charge is 2.30. The largest absolute Gasteiger partial charge is 0.472 e. The second kappa shape index (κ2) is 65.4. The Labute approximate surface area is 556 Å². The third-order valence-electron chi connectivity index (χ3n) is 16.8. The summed E-state index contributed by atoms with van der Waals surface area (Å²) >= 11 is 0. The second-order valence-corrected chi connectivity index (χ2v) is 29.4. The van der Waals surface area contributed by atoms with Crippen LogP contribution >= 0.6 is 15.6 Å². The Morgan fingerprint density at radius 1 is 0.297 bits per heavy atom. The summed E-state index contributed by atoms with van der Waals surface area (Å²) in [4.78, 5) is 72.6. The summed E-state index contributed by atoms with van der Waals surface area (Å²) in [5.41, 5.74) is 0. The Bertz CT molecular complexity index is 1750. The van der Waals surface area contributed by atoms with Gasteiger partial charge in [0.2, 0.25) is 0 Å². The maximum Gasteiger partial charge on any atom is 0.472 e. The van der Waals surface area contributed by atoms with Crippen molar-refractivity contribution in [3.05, 3.63) is 0 Å². The zero-order chi connectivity index (χ0) is 67.0. The maximum absolute atomic E-state index is 13.0. The van der Waals surface area contributed by atoms with Gasteiger partial charge in [0.15, 0.2) is 12.2 Å². The molecule has 5 atom stereocenters.